The van der Waals surface area contributed by atoms with Crippen LogP contribution in [-0.4, -0.2) is 43.8 Å². The summed E-state index contributed by atoms with van der Waals surface area (Å²) < 4.78 is 5.49. The van der Waals surface area contributed by atoms with Crippen LogP contribution in [0.5, 0.6) is 0 Å². The lowest BCUT2D eigenvalue weighted by Crippen LogP contribution is -2.31. The number of nitrogens with one attached hydrogen (secondary N) is 1. The maximum absolute atomic E-state index is 5.69. The van der Waals surface area contributed by atoms with Crippen molar-refractivity contribution in [1.29, 1.82) is 0 Å². The van der Waals surface area contributed by atoms with Gasteiger partial charge in [-0.1, -0.05) is 0 Å². The summed E-state index contributed by atoms with van der Waals surface area (Å²) in [5.41, 5.74) is 5.69. The van der Waals surface area contributed by atoms with Crippen LogP contribution in [0.4, 0.5) is 17.6 Å². The summed E-state index contributed by atoms with van der Waals surface area (Å²) in [4.78, 5) is 10.5. The fourth-order valence-corrected chi connectivity index (χ4v) is 2.21. The zero-order chi connectivity index (χ0) is 13.0. The van der Waals surface area contributed by atoms with Gasteiger partial charge in [0.05, 0.1) is 6.61 Å². The minimum absolute atomic E-state index is 0.295. The standard InChI is InChI=1S/C12H21N5O/c1-14-10-6-11(16-12(13)15-10)17(2)7-9-4-3-5-18-8-9/h6,9H,3-5,7-8H2,1-2H3,(H3,13,14,15,16). The van der Waals surface area contributed by atoms with Crippen LogP contribution in [0.2, 0.25) is 0 Å². The van der Waals surface area contributed by atoms with Crippen molar-refractivity contribution in [3.8, 4) is 0 Å². The summed E-state index contributed by atoms with van der Waals surface area (Å²) in [6.45, 7) is 2.66. The molecule has 6 nitrogen and oxygen atoms in total. The monoisotopic (exact) mass is 251 g/mol. The van der Waals surface area contributed by atoms with E-state index in [0.29, 0.717) is 11.9 Å². The third-order valence-electron chi connectivity index (χ3n) is 3.16. The van der Waals surface area contributed by atoms with Gasteiger partial charge in [0, 0.05) is 33.3 Å². The van der Waals surface area contributed by atoms with Gasteiger partial charge in [0.15, 0.2) is 0 Å². The van der Waals surface area contributed by atoms with Gasteiger partial charge in [0.2, 0.25) is 5.95 Å². The molecule has 0 bridgehead atoms. The molecule has 3 N–H and O–H groups in total. The van der Waals surface area contributed by atoms with Crippen molar-refractivity contribution in [2.45, 2.75) is 12.8 Å². The van der Waals surface area contributed by atoms with E-state index in [0.717, 1.165) is 37.8 Å². The Bertz CT molecular complexity index is 392. The van der Waals surface area contributed by atoms with Gasteiger partial charge in [-0.15, -0.1) is 0 Å². The van der Waals surface area contributed by atoms with Crippen molar-refractivity contribution >= 4 is 17.6 Å². The van der Waals surface area contributed by atoms with Crippen molar-refractivity contribution in [2.24, 2.45) is 5.92 Å². The van der Waals surface area contributed by atoms with Crippen LogP contribution in [0.1, 0.15) is 12.8 Å². The summed E-state index contributed by atoms with van der Waals surface area (Å²) in [7, 11) is 3.84. The maximum Gasteiger partial charge on any atom is 0.223 e. The minimum Gasteiger partial charge on any atom is -0.381 e. The summed E-state index contributed by atoms with van der Waals surface area (Å²) >= 11 is 0. The van der Waals surface area contributed by atoms with Crippen LogP contribution < -0.4 is 16.0 Å². The maximum atomic E-state index is 5.69. The Morgan fingerprint density at radius 1 is 1.56 bits per heavy atom. The van der Waals surface area contributed by atoms with E-state index in [1.807, 2.05) is 20.2 Å². The third-order valence-corrected chi connectivity index (χ3v) is 3.16. The minimum atomic E-state index is 0.295. The van der Waals surface area contributed by atoms with Crippen LogP contribution in [-0.2, 0) is 4.74 Å². The quantitative estimate of drug-likeness (QED) is 0.830. The second-order valence-electron chi connectivity index (χ2n) is 4.68. The van der Waals surface area contributed by atoms with Crippen LogP contribution in [0, 0.1) is 5.92 Å². The molecule has 0 saturated carbocycles. The van der Waals surface area contributed by atoms with Crippen LogP contribution in [0.3, 0.4) is 0 Å². The molecule has 1 aromatic rings. The normalized spacial score (nSPS) is 19.6. The Morgan fingerprint density at radius 3 is 3.06 bits per heavy atom. The fraction of sp³-hybridized carbons (Fsp3) is 0.667. The predicted molar refractivity (Wildman–Crippen MR) is 72.8 cm³/mol. The van der Waals surface area contributed by atoms with Gasteiger partial charge in [0.1, 0.15) is 11.6 Å². The molecule has 1 unspecified atom stereocenters. The molecule has 1 aliphatic rings. The fourth-order valence-electron chi connectivity index (χ4n) is 2.21. The first-order chi connectivity index (χ1) is 8.69. The number of nitrogen functional groups attached to an aromatic ring is 1. The zero-order valence-electron chi connectivity index (χ0n) is 11.0. The summed E-state index contributed by atoms with van der Waals surface area (Å²) in [5, 5.41) is 2.98. The number of hydrogen-bond acceptors (Lipinski definition) is 6. The van der Waals surface area contributed by atoms with Crippen molar-refractivity contribution < 1.29 is 4.74 Å². The molecule has 2 heterocycles. The molecule has 1 aromatic heterocycles. The molecule has 0 amide bonds. The Morgan fingerprint density at radius 2 is 2.39 bits per heavy atom. The molecule has 1 saturated heterocycles. The Kier molecular flexibility index (Phi) is 4.19. The third kappa shape index (κ3) is 3.22. The second kappa shape index (κ2) is 5.86. The second-order valence-corrected chi connectivity index (χ2v) is 4.68. The molecule has 0 aromatic carbocycles. The van der Waals surface area contributed by atoms with Crippen LogP contribution in [0.25, 0.3) is 0 Å². The number of nitrogens with two attached hydrogens (primary N) is 1. The molecule has 0 aliphatic carbocycles. The predicted octanol–water partition coefficient (Wildman–Crippen LogP) is 0.963. The largest absolute Gasteiger partial charge is 0.381 e. The van der Waals surface area contributed by atoms with Crippen molar-refractivity contribution in [1.82, 2.24) is 9.97 Å². The van der Waals surface area contributed by atoms with E-state index >= 15 is 0 Å². The average Bonchev–Trinajstić information content (AvgIpc) is 2.39. The van der Waals surface area contributed by atoms with E-state index in [2.05, 4.69) is 20.2 Å². The highest BCUT2D eigenvalue weighted by molar-refractivity contribution is 5.51. The van der Waals surface area contributed by atoms with Crippen molar-refractivity contribution in [2.75, 3.05) is 49.8 Å². The molecule has 2 rings (SSSR count). The Labute approximate surface area is 108 Å². The number of rotatable bonds is 4. The number of ether oxygens (including phenoxy) is 1. The summed E-state index contributed by atoms with van der Waals surface area (Å²) in [6.07, 6.45) is 2.36. The van der Waals surface area contributed by atoms with E-state index in [1.165, 1.54) is 6.42 Å². The lowest BCUT2D eigenvalue weighted by Gasteiger charge is -2.27. The molecule has 100 valence electrons. The number of nitrogens with zero attached hydrogens (tertiary/aromatic N) is 3. The van der Waals surface area contributed by atoms with E-state index in [4.69, 9.17) is 10.5 Å². The molecule has 1 aliphatic heterocycles. The Balaban J connectivity index is 2.02. The van der Waals surface area contributed by atoms with Gasteiger partial charge in [-0.05, 0) is 18.8 Å². The smallest absolute Gasteiger partial charge is 0.223 e. The number of anilines is 3. The highest BCUT2D eigenvalue weighted by Gasteiger charge is 2.17. The Hall–Kier alpha value is -1.56. The van der Waals surface area contributed by atoms with E-state index < -0.39 is 0 Å². The zero-order valence-corrected chi connectivity index (χ0v) is 11.0. The highest BCUT2D eigenvalue weighted by atomic mass is 16.5. The number of hydrogen-bond donors (Lipinski definition) is 2. The van der Waals surface area contributed by atoms with E-state index in [9.17, 15) is 0 Å². The van der Waals surface area contributed by atoms with Gasteiger partial charge >= 0.3 is 0 Å². The molecule has 6 heteroatoms. The van der Waals surface area contributed by atoms with Crippen molar-refractivity contribution in [3.63, 3.8) is 0 Å². The van der Waals surface area contributed by atoms with E-state index in [1.54, 1.807) is 0 Å². The number of aromatic nitrogens is 2. The molecule has 18 heavy (non-hydrogen) atoms. The summed E-state index contributed by atoms with van der Waals surface area (Å²) in [5.74, 6) is 2.45. The lowest BCUT2D eigenvalue weighted by atomic mass is 10.0. The molecular formula is C12H21N5O. The summed E-state index contributed by atoms with van der Waals surface area (Å²) in [6, 6.07) is 1.90. The molecule has 1 atom stereocenters. The first-order valence-electron chi connectivity index (χ1n) is 6.30. The molecule has 1 fully saturated rings. The molecular weight excluding hydrogens is 230 g/mol. The molecule has 0 radical (unpaired) electrons. The lowest BCUT2D eigenvalue weighted by molar-refractivity contribution is 0.0576. The van der Waals surface area contributed by atoms with Crippen LogP contribution in [0.15, 0.2) is 6.07 Å². The van der Waals surface area contributed by atoms with Gasteiger partial charge in [-0.2, -0.15) is 9.97 Å². The SMILES string of the molecule is CNc1cc(N(C)CC2CCCOC2)nc(N)n1. The first-order valence-corrected chi connectivity index (χ1v) is 6.30. The average molecular weight is 251 g/mol. The van der Waals surface area contributed by atoms with Gasteiger partial charge < -0.3 is 20.7 Å². The van der Waals surface area contributed by atoms with Crippen LogP contribution >= 0.6 is 0 Å². The first kappa shape index (κ1) is 12.9. The van der Waals surface area contributed by atoms with Gasteiger partial charge in [-0.3, -0.25) is 0 Å². The van der Waals surface area contributed by atoms with Gasteiger partial charge in [0.25, 0.3) is 0 Å². The topological polar surface area (TPSA) is 76.3 Å². The van der Waals surface area contributed by atoms with Gasteiger partial charge in [-0.25, -0.2) is 0 Å². The molecule has 0 spiro atoms. The van der Waals surface area contributed by atoms with E-state index in [-0.39, 0.29) is 0 Å². The highest BCUT2D eigenvalue weighted by Crippen LogP contribution is 2.20. The van der Waals surface area contributed by atoms with Crippen molar-refractivity contribution in [3.05, 3.63) is 6.07 Å².